The zero-order chi connectivity index (χ0) is 16.7. The number of aromatic nitrogens is 1. The molecular formula is C16H17N3O4. The number of amides is 3. The van der Waals surface area contributed by atoms with E-state index in [4.69, 9.17) is 4.74 Å². The van der Waals surface area contributed by atoms with Crippen molar-refractivity contribution >= 4 is 17.9 Å². The zero-order valence-corrected chi connectivity index (χ0v) is 12.5. The smallest absolute Gasteiger partial charge is 0.355 e. The molecule has 0 saturated heterocycles. The highest BCUT2D eigenvalue weighted by atomic mass is 16.5. The Morgan fingerprint density at radius 3 is 2.48 bits per heavy atom. The molecule has 0 saturated carbocycles. The summed E-state index contributed by atoms with van der Waals surface area (Å²) in [5.41, 5.74) is 0.686. The maximum absolute atomic E-state index is 12.3. The molecule has 7 nitrogen and oxygen atoms in total. The lowest BCUT2D eigenvalue weighted by Gasteiger charge is -2.17. The van der Waals surface area contributed by atoms with Crippen molar-refractivity contribution in [3.05, 3.63) is 59.9 Å². The van der Waals surface area contributed by atoms with E-state index in [1.165, 1.54) is 6.07 Å². The second-order valence-electron chi connectivity index (χ2n) is 4.63. The molecule has 1 aromatic carbocycles. The molecule has 0 unspecified atom stereocenters. The van der Waals surface area contributed by atoms with E-state index in [2.05, 4.69) is 15.6 Å². The molecule has 0 fully saturated rings. The summed E-state index contributed by atoms with van der Waals surface area (Å²) in [6.07, 6.45) is 0.345. The van der Waals surface area contributed by atoms with Gasteiger partial charge in [0, 0.05) is 18.3 Å². The Kier molecular flexibility index (Phi) is 5.51. The van der Waals surface area contributed by atoms with Crippen LogP contribution in [0.2, 0.25) is 0 Å². The van der Waals surface area contributed by atoms with Gasteiger partial charge in [0.05, 0.1) is 0 Å². The molecule has 23 heavy (non-hydrogen) atoms. The lowest BCUT2D eigenvalue weighted by molar-refractivity contribution is -0.129. The minimum absolute atomic E-state index is 0.219. The minimum Gasteiger partial charge on any atom is -0.443 e. The highest BCUT2D eigenvalue weighted by molar-refractivity contribution is 5.98. The van der Waals surface area contributed by atoms with Crippen LogP contribution in [0.1, 0.15) is 29.1 Å². The molecule has 0 spiro atoms. The number of urea groups is 1. The van der Waals surface area contributed by atoms with Crippen molar-refractivity contribution in [1.82, 2.24) is 15.6 Å². The fourth-order valence-electron chi connectivity index (χ4n) is 1.91. The second kappa shape index (κ2) is 7.79. The SMILES string of the molecule is CCNC(=O)NC(=O)[C@H](OC(=O)c1ccc[nH]1)c1ccccc1. The largest absolute Gasteiger partial charge is 0.443 e. The second-order valence-corrected chi connectivity index (χ2v) is 4.63. The minimum atomic E-state index is -1.23. The van der Waals surface area contributed by atoms with Crippen molar-refractivity contribution in [2.75, 3.05) is 6.54 Å². The first-order valence-corrected chi connectivity index (χ1v) is 7.09. The predicted octanol–water partition coefficient (Wildman–Crippen LogP) is 1.76. The molecule has 0 aliphatic rings. The Hall–Kier alpha value is -3.09. The summed E-state index contributed by atoms with van der Waals surface area (Å²) in [4.78, 5) is 38.6. The van der Waals surface area contributed by atoms with Crippen LogP contribution < -0.4 is 10.6 Å². The number of imide groups is 1. The number of nitrogens with one attached hydrogen (secondary N) is 3. The first-order valence-electron chi connectivity index (χ1n) is 7.09. The van der Waals surface area contributed by atoms with Gasteiger partial charge < -0.3 is 15.0 Å². The average Bonchev–Trinajstić information content (AvgIpc) is 3.07. The average molecular weight is 315 g/mol. The number of carbonyl (C=O) groups excluding carboxylic acids is 3. The maximum atomic E-state index is 12.3. The first kappa shape index (κ1) is 16.3. The Bertz CT molecular complexity index is 668. The van der Waals surface area contributed by atoms with Crippen LogP contribution in [-0.2, 0) is 9.53 Å². The van der Waals surface area contributed by atoms with Gasteiger partial charge in [0.2, 0.25) is 6.10 Å². The van der Waals surface area contributed by atoms with Crippen molar-refractivity contribution < 1.29 is 19.1 Å². The number of ether oxygens (including phenoxy) is 1. The van der Waals surface area contributed by atoms with Gasteiger partial charge in [0.1, 0.15) is 5.69 Å². The Morgan fingerprint density at radius 1 is 1.13 bits per heavy atom. The van der Waals surface area contributed by atoms with Gasteiger partial charge in [0.25, 0.3) is 5.91 Å². The van der Waals surface area contributed by atoms with Gasteiger partial charge in [-0.3, -0.25) is 10.1 Å². The van der Waals surface area contributed by atoms with E-state index in [9.17, 15) is 14.4 Å². The van der Waals surface area contributed by atoms with Crippen LogP contribution >= 0.6 is 0 Å². The van der Waals surface area contributed by atoms with Crippen molar-refractivity contribution in [3.8, 4) is 0 Å². The number of esters is 1. The third-order valence-electron chi connectivity index (χ3n) is 2.96. The van der Waals surface area contributed by atoms with E-state index >= 15 is 0 Å². The third kappa shape index (κ3) is 4.44. The molecule has 3 N–H and O–H groups in total. The Labute approximate surface area is 133 Å². The van der Waals surface area contributed by atoms with Gasteiger partial charge >= 0.3 is 12.0 Å². The summed E-state index contributed by atoms with van der Waals surface area (Å²) in [5.74, 6) is -1.41. The molecule has 1 atom stereocenters. The summed E-state index contributed by atoms with van der Waals surface area (Å²) >= 11 is 0. The molecule has 0 bridgehead atoms. The first-order chi connectivity index (χ1) is 11.1. The van der Waals surface area contributed by atoms with Gasteiger partial charge in [-0.15, -0.1) is 0 Å². The molecule has 2 rings (SSSR count). The highest BCUT2D eigenvalue weighted by Gasteiger charge is 2.27. The molecule has 7 heteroatoms. The molecule has 1 aromatic heterocycles. The molecule has 120 valence electrons. The lowest BCUT2D eigenvalue weighted by atomic mass is 10.1. The molecule has 0 aliphatic carbocycles. The summed E-state index contributed by atoms with van der Waals surface area (Å²) < 4.78 is 5.26. The number of carbonyl (C=O) groups is 3. The Balaban J connectivity index is 2.17. The summed E-state index contributed by atoms with van der Waals surface area (Å²) in [7, 11) is 0. The molecule has 0 aliphatic heterocycles. The number of benzene rings is 1. The van der Waals surface area contributed by atoms with E-state index in [0.29, 0.717) is 12.1 Å². The van der Waals surface area contributed by atoms with Crippen LogP contribution in [0.15, 0.2) is 48.7 Å². The van der Waals surface area contributed by atoms with E-state index < -0.39 is 24.0 Å². The normalized spacial score (nSPS) is 11.3. The van der Waals surface area contributed by atoms with Gasteiger partial charge in [-0.25, -0.2) is 9.59 Å². The zero-order valence-electron chi connectivity index (χ0n) is 12.5. The lowest BCUT2D eigenvalue weighted by Crippen LogP contribution is -2.42. The fourth-order valence-corrected chi connectivity index (χ4v) is 1.91. The van der Waals surface area contributed by atoms with Crippen LogP contribution in [0.4, 0.5) is 4.79 Å². The summed E-state index contributed by atoms with van der Waals surface area (Å²) in [6.45, 7) is 2.10. The molecular weight excluding hydrogens is 298 g/mol. The standard InChI is InChI=1S/C16H17N3O4/c1-2-17-16(22)19-14(20)13(11-7-4-3-5-8-11)23-15(21)12-9-6-10-18-12/h3-10,13,18H,2H2,1H3,(H2,17,19,20,22)/t13-/m1/s1. The van der Waals surface area contributed by atoms with Crippen molar-refractivity contribution in [2.24, 2.45) is 0 Å². The van der Waals surface area contributed by atoms with Gasteiger partial charge in [-0.1, -0.05) is 30.3 Å². The van der Waals surface area contributed by atoms with E-state index in [1.54, 1.807) is 49.5 Å². The quantitative estimate of drug-likeness (QED) is 0.732. The van der Waals surface area contributed by atoms with Gasteiger partial charge in [0.15, 0.2) is 0 Å². The topological polar surface area (TPSA) is 100 Å². The predicted molar refractivity (Wildman–Crippen MR) is 82.6 cm³/mol. The number of H-pyrrole nitrogens is 1. The Morgan fingerprint density at radius 2 is 1.87 bits per heavy atom. The monoisotopic (exact) mass is 315 g/mol. The van der Waals surface area contributed by atoms with Crippen LogP contribution in [-0.4, -0.2) is 29.4 Å². The molecule has 1 heterocycles. The van der Waals surface area contributed by atoms with Crippen LogP contribution in [0, 0.1) is 0 Å². The van der Waals surface area contributed by atoms with Gasteiger partial charge in [-0.2, -0.15) is 0 Å². The molecule has 3 amide bonds. The van der Waals surface area contributed by atoms with Crippen LogP contribution in [0.25, 0.3) is 0 Å². The van der Waals surface area contributed by atoms with Gasteiger partial charge in [-0.05, 0) is 19.1 Å². The van der Waals surface area contributed by atoms with Crippen molar-refractivity contribution in [3.63, 3.8) is 0 Å². The number of hydrogen-bond acceptors (Lipinski definition) is 4. The number of hydrogen-bond donors (Lipinski definition) is 3. The number of aromatic amines is 1. The highest BCUT2D eigenvalue weighted by Crippen LogP contribution is 2.19. The van der Waals surface area contributed by atoms with Crippen LogP contribution in [0.3, 0.4) is 0 Å². The summed E-state index contributed by atoms with van der Waals surface area (Å²) in [5, 5.41) is 4.60. The van der Waals surface area contributed by atoms with Crippen molar-refractivity contribution in [2.45, 2.75) is 13.0 Å². The van der Waals surface area contributed by atoms with E-state index in [1.807, 2.05) is 0 Å². The molecule has 0 radical (unpaired) electrons. The number of rotatable bonds is 5. The van der Waals surface area contributed by atoms with Crippen LogP contribution in [0.5, 0.6) is 0 Å². The summed E-state index contributed by atoms with van der Waals surface area (Å²) in [6, 6.07) is 11.0. The van der Waals surface area contributed by atoms with E-state index in [0.717, 1.165) is 0 Å². The van der Waals surface area contributed by atoms with Crippen molar-refractivity contribution in [1.29, 1.82) is 0 Å². The maximum Gasteiger partial charge on any atom is 0.355 e. The fraction of sp³-hybridized carbons (Fsp3) is 0.188. The third-order valence-corrected chi connectivity index (χ3v) is 2.96. The molecule has 2 aromatic rings. The van der Waals surface area contributed by atoms with E-state index in [-0.39, 0.29) is 5.69 Å².